The minimum absolute atomic E-state index is 0.578. The molecule has 0 amide bonds. The van der Waals surface area contributed by atoms with Crippen LogP contribution in [-0.2, 0) is 6.42 Å². The topological polar surface area (TPSA) is 182 Å². The predicted molar refractivity (Wildman–Crippen MR) is 517 cm³/mol. The van der Waals surface area contributed by atoms with Gasteiger partial charge in [-0.15, -0.1) is 45.3 Å². The summed E-state index contributed by atoms with van der Waals surface area (Å²) in [6.45, 7) is 0. The monoisotopic (exact) mass is 1720 g/mol. The summed E-state index contributed by atoms with van der Waals surface area (Å²) in [4.78, 5) is 38.2. The Morgan fingerprint density at radius 3 is 1.11 bits per heavy atom. The number of benzene rings is 11. The smallest absolute Gasteiger partial charge is 0.173 e. The lowest BCUT2D eigenvalue weighted by atomic mass is 9.87. The van der Waals surface area contributed by atoms with Gasteiger partial charge in [-0.05, 0) is 177 Å². The molecule has 25 aromatic rings. The summed E-state index contributed by atoms with van der Waals surface area (Å²) in [7, 11) is 0. The zero-order valence-corrected chi connectivity index (χ0v) is 70.8. The Labute approximate surface area is 745 Å². The third-order valence-electron chi connectivity index (χ3n) is 24.7. The molecule has 0 atom stereocenters. The van der Waals surface area contributed by atoms with Gasteiger partial charge in [-0.1, -0.05) is 146 Å². The van der Waals surface area contributed by atoms with Gasteiger partial charge in [-0.25, -0.2) is 19.9 Å². The van der Waals surface area contributed by atoms with Gasteiger partial charge < -0.3 is 26.5 Å². The Balaban J connectivity index is 0.647. The summed E-state index contributed by atoms with van der Waals surface area (Å²) in [6.07, 6.45) is 26.4. The Bertz CT molecular complexity index is 8750. The van der Waals surface area contributed by atoms with Crippen molar-refractivity contribution in [3.63, 3.8) is 0 Å². The van der Waals surface area contributed by atoms with Crippen molar-refractivity contribution in [1.29, 1.82) is 0 Å². The fourth-order valence-electron chi connectivity index (χ4n) is 18.8. The van der Waals surface area contributed by atoms with Gasteiger partial charge in [0.15, 0.2) is 11.2 Å². The number of thiazole rings is 4. The van der Waals surface area contributed by atoms with E-state index in [0.29, 0.717) is 22.7 Å². The first-order chi connectivity index (χ1) is 63.4. The summed E-state index contributed by atoms with van der Waals surface area (Å²) in [5, 5.41) is 18.4. The molecule has 602 valence electrons. The third-order valence-corrected chi connectivity index (χ3v) is 27.9. The van der Waals surface area contributed by atoms with Gasteiger partial charge in [0.05, 0.1) is 0 Å². The highest BCUT2D eigenvalue weighted by atomic mass is 32.1. The van der Waals surface area contributed by atoms with E-state index in [-0.39, 0.29) is 0 Å². The number of furan rings is 6. The average Bonchev–Trinajstić information content (AvgIpc) is 1.61. The normalized spacial score (nSPS) is 12.4. The maximum atomic E-state index is 7.31. The molecule has 0 unspecified atom stereocenters. The van der Waals surface area contributed by atoms with E-state index < -0.39 is 0 Å². The molecular formula is C110H62N8O6S4. The molecule has 14 aromatic heterocycles. The molecule has 0 saturated heterocycles. The number of hydrogen-bond donors (Lipinski definition) is 0. The van der Waals surface area contributed by atoms with Crippen molar-refractivity contribution >= 4 is 139 Å². The Morgan fingerprint density at radius 2 is 0.633 bits per heavy atom. The molecule has 0 bridgehead atoms. The van der Waals surface area contributed by atoms with Crippen LogP contribution in [0, 0.1) is 0 Å². The first kappa shape index (κ1) is 73.6. The predicted octanol–water partition coefficient (Wildman–Crippen LogP) is 31.3. The second-order valence-corrected chi connectivity index (χ2v) is 35.5. The zero-order chi connectivity index (χ0) is 84.0. The number of rotatable bonds is 16. The van der Waals surface area contributed by atoms with Gasteiger partial charge in [0, 0.05) is 229 Å². The van der Waals surface area contributed by atoms with Gasteiger partial charge in [0.2, 0.25) is 0 Å². The van der Waals surface area contributed by atoms with Gasteiger partial charge in [0.1, 0.15) is 76.4 Å². The number of aromatic nitrogens is 8. The van der Waals surface area contributed by atoms with Crippen molar-refractivity contribution in [3.05, 3.63) is 368 Å². The molecule has 0 fully saturated rings. The van der Waals surface area contributed by atoms with E-state index in [9.17, 15) is 0 Å². The number of aryl methyl sites for hydroxylation is 1. The van der Waals surface area contributed by atoms with Gasteiger partial charge in [0.25, 0.3) is 0 Å². The second-order valence-electron chi connectivity index (χ2n) is 32.0. The SMILES string of the molecule is C1=C(c2ccccc2-c2nccs2)c2oc3c(-c4cccnc4)cc(-c4cc(-c5ccc6oc7c(-c8ccccc8-c8nccs8)cncc7c6c5)cc(-c5cc6oc(-c7cc(-c8ccc9oc%10c(-c%11ccccc%11-c%11nccs%11)cncc%10c9c8)cc(-c8cc(-c9cccnc9)c9oc%10c(-c%11ccccc%11-c%11nccs%11)cccc%10c9c8)c7)cc6o5)c4)cc3c2CC1. The lowest BCUT2D eigenvalue weighted by Crippen LogP contribution is -1.99. The lowest BCUT2D eigenvalue weighted by molar-refractivity contribution is 0.592. The summed E-state index contributed by atoms with van der Waals surface area (Å²) in [5.41, 5.74) is 32.6. The van der Waals surface area contributed by atoms with E-state index in [0.717, 1.165) is 266 Å². The van der Waals surface area contributed by atoms with Gasteiger partial charge in [-0.3, -0.25) is 19.9 Å². The Kier molecular flexibility index (Phi) is 17.2. The van der Waals surface area contributed by atoms with Gasteiger partial charge >= 0.3 is 0 Å². The minimum Gasteiger partial charge on any atom is -0.455 e. The van der Waals surface area contributed by atoms with Crippen LogP contribution in [-0.4, -0.2) is 39.9 Å². The fraction of sp³-hybridized carbons (Fsp3) is 0.0182. The van der Waals surface area contributed by atoms with E-state index in [4.69, 9.17) is 61.4 Å². The molecule has 0 spiro atoms. The van der Waals surface area contributed by atoms with Crippen molar-refractivity contribution in [2.45, 2.75) is 12.8 Å². The number of nitrogens with zero attached hydrogens (tertiary/aromatic N) is 8. The number of para-hydroxylation sites is 1. The maximum absolute atomic E-state index is 7.31. The van der Waals surface area contributed by atoms with Crippen LogP contribution in [0.25, 0.3) is 259 Å². The summed E-state index contributed by atoms with van der Waals surface area (Å²) < 4.78 is 42.9. The summed E-state index contributed by atoms with van der Waals surface area (Å²) in [5.74, 6) is 2.10. The van der Waals surface area contributed by atoms with Crippen molar-refractivity contribution < 1.29 is 26.5 Å². The Morgan fingerprint density at radius 1 is 0.227 bits per heavy atom. The van der Waals surface area contributed by atoms with E-state index in [1.54, 1.807) is 51.5 Å². The molecule has 1 aliphatic rings. The van der Waals surface area contributed by atoms with Crippen molar-refractivity contribution in [1.82, 2.24) is 39.9 Å². The maximum Gasteiger partial charge on any atom is 0.173 e. The van der Waals surface area contributed by atoms with Crippen LogP contribution in [0.4, 0.5) is 0 Å². The molecule has 0 N–H and O–H groups in total. The van der Waals surface area contributed by atoms with Crippen LogP contribution >= 0.6 is 45.3 Å². The number of pyridine rings is 4. The van der Waals surface area contributed by atoms with E-state index in [1.165, 1.54) is 0 Å². The number of fused-ring (bicyclic) bond motifs is 13. The lowest BCUT2D eigenvalue weighted by Gasteiger charge is -2.15. The van der Waals surface area contributed by atoms with Crippen molar-refractivity contribution in [2.24, 2.45) is 0 Å². The first-order valence-corrected chi connectivity index (χ1v) is 45.5. The molecule has 11 aromatic carbocycles. The van der Waals surface area contributed by atoms with Crippen LogP contribution < -0.4 is 0 Å². The van der Waals surface area contributed by atoms with Crippen molar-refractivity contribution in [3.8, 4) is 165 Å². The van der Waals surface area contributed by atoms with E-state index >= 15 is 0 Å². The zero-order valence-electron chi connectivity index (χ0n) is 67.6. The molecule has 0 aliphatic heterocycles. The molecule has 18 heteroatoms. The first-order valence-electron chi connectivity index (χ1n) is 41.9. The van der Waals surface area contributed by atoms with Crippen LogP contribution in [0.15, 0.2) is 377 Å². The molecule has 0 radical (unpaired) electrons. The Hall–Kier alpha value is -16.0. The minimum atomic E-state index is 0.578. The second kappa shape index (κ2) is 29.9. The number of hydrogen-bond acceptors (Lipinski definition) is 18. The molecule has 26 rings (SSSR count). The number of allylic oxidation sites excluding steroid dienone is 1. The highest BCUT2D eigenvalue weighted by Gasteiger charge is 2.30. The molecule has 128 heavy (non-hydrogen) atoms. The largest absolute Gasteiger partial charge is 0.455 e. The molecule has 14 nitrogen and oxygen atoms in total. The average molecular weight is 1720 g/mol. The van der Waals surface area contributed by atoms with Crippen LogP contribution in [0.5, 0.6) is 0 Å². The van der Waals surface area contributed by atoms with Crippen LogP contribution in [0.3, 0.4) is 0 Å². The standard InChI is InChI=1S/C110H62N8O6S4/c1-5-19-81(107-115-33-37-125-107)73(15-1)77-23-9-25-79-89-51-69(49-85(103(89)123-101(77)79)63-13-11-31-111-55-63)67-41-65(61-27-29-95-87(47-61)93-59-113-57-91(105(93)121-95)75-17-3-7-21-83(75)109-117-35-39-127-109)43-71(45-67)97-53-99-100(119-97)54-98(120-99)72-44-66(62-28-30-96-88(48-62)94-60-114-58-92(106(94)122-96)76-18-4-8-22-84(76)110-118-36-40-128-110)42-68(46-72)70-50-86(64-14-12-32-112-56-64)104-90(52-70)80-26-10-24-78(102(80)124-104)74-16-2-6-20-82(74)108-116-34-38-126-108/h1-9,11-25,27-60H,10,26H2. The van der Waals surface area contributed by atoms with E-state index in [2.05, 4.69) is 217 Å². The third kappa shape index (κ3) is 12.3. The quantitative estimate of drug-likeness (QED) is 0.0891. The summed E-state index contributed by atoms with van der Waals surface area (Å²) >= 11 is 6.46. The highest BCUT2D eigenvalue weighted by Crippen LogP contribution is 2.52. The van der Waals surface area contributed by atoms with E-state index in [1.807, 2.05) is 132 Å². The summed E-state index contributed by atoms with van der Waals surface area (Å²) in [6, 6.07) is 87.6. The van der Waals surface area contributed by atoms with Crippen LogP contribution in [0.1, 0.15) is 23.3 Å². The van der Waals surface area contributed by atoms with Crippen LogP contribution in [0.2, 0.25) is 0 Å². The van der Waals surface area contributed by atoms with Gasteiger partial charge in [-0.2, -0.15) is 0 Å². The fourth-order valence-corrected chi connectivity index (χ4v) is 21.5. The molecule has 0 saturated carbocycles. The molecular weight excluding hydrogens is 1660 g/mol. The highest BCUT2D eigenvalue weighted by molar-refractivity contribution is 7.14. The van der Waals surface area contributed by atoms with Crippen molar-refractivity contribution in [2.75, 3.05) is 0 Å². The molecule has 1 aliphatic carbocycles. The molecule has 14 heterocycles.